The molecule has 0 spiro atoms. The lowest BCUT2D eigenvalue weighted by molar-refractivity contribution is -0.0769. The minimum Gasteiger partial charge on any atom is -0.369 e. The van der Waals surface area contributed by atoms with Gasteiger partial charge >= 0.3 is 0 Å². The van der Waals surface area contributed by atoms with Gasteiger partial charge in [0.15, 0.2) is 0 Å². The number of nitrogens with two attached hydrogens (primary N) is 1. The molecule has 0 aromatic carbocycles. The number of nitrogens with zero attached hydrogens (tertiary/aromatic N) is 2. The van der Waals surface area contributed by atoms with Crippen molar-refractivity contribution in [2.24, 2.45) is 18.7 Å². The van der Waals surface area contributed by atoms with Crippen LogP contribution in [0.2, 0.25) is 0 Å². The maximum Gasteiger partial charge on any atom is 0.0681 e. The van der Waals surface area contributed by atoms with Gasteiger partial charge in [-0.25, -0.2) is 0 Å². The smallest absolute Gasteiger partial charge is 0.0681 e. The molecule has 2 unspecified atom stereocenters. The molecule has 1 fully saturated rings. The summed E-state index contributed by atoms with van der Waals surface area (Å²) in [5, 5.41) is 4.50. The summed E-state index contributed by atoms with van der Waals surface area (Å²) < 4.78 is 8.08. The number of aromatic nitrogens is 2. The highest BCUT2D eigenvalue weighted by Crippen LogP contribution is 2.46. The van der Waals surface area contributed by atoms with Crippen molar-refractivity contribution in [2.75, 3.05) is 0 Å². The Morgan fingerprint density at radius 1 is 1.47 bits per heavy atom. The first-order valence-electron chi connectivity index (χ1n) is 7.15. The predicted molar refractivity (Wildman–Crippen MR) is 76.9 cm³/mol. The molecule has 2 rings (SSSR count). The van der Waals surface area contributed by atoms with Crippen molar-refractivity contribution in [3.05, 3.63) is 17.5 Å². The van der Waals surface area contributed by atoms with Gasteiger partial charge in [0.05, 0.1) is 28.6 Å². The van der Waals surface area contributed by atoms with Crippen LogP contribution in [0.3, 0.4) is 0 Å². The van der Waals surface area contributed by atoms with E-state index in [0.29, 0.717) is 5.92 Å². The standard InChI is InChI=1S/C15H27N3O/c1-7-10-8-12(18(6)17-10)13(16)11-9-14(2,3)19-15(11,4)5/h8,11,13H,7,9,16H2,1-6H3. The summed E-state index contributed by atoms with van der Waals surface area (Å²) in [6.45, 7) is 10.7. The fourth-order valence-corrected chi connectivity index (χ4v) is 3.40. The lowest BCUT2D eigenvalue weighted by atomic mass is 9.80. The molecule has 1 saturated heterocycles. The van der Waals surface area contributed by atoms with Gasteiger partial charge in [-0.15, -0.1) is 0 Å². The zero-order valence-electron chi connectivity index (χ0n) is 13.0. The van der Waals surface area contributed by atoms with Crippen LogP contribution < -0.4 is 5.73 Å². The maximum atomic E-state index is 6.53. The molecule has 1 aromatic rings. The minimum atomic E-state index is -0.195. The predicted octanol–water partition coefficient (Wildman–Crippen LogP) is 2.58. The Kier molecular flexibility index (Phi) is 3.52. The second-order valence-corrected chi connectivity index (χ2v) is 6.84. The Hall–Kier alpha value is -0.870. The number of aryl methyl sites for hydroxylation is 2. The first kappa shape index (κ1) is 14.5. The van der Waals surface area contributed by atoms with E-state index >= 15 is 0 Å². The van der Waals surface area contributed by atoms with Crippen LogP contribution in [-0.4, -0.2) is 21.0 Å². The molecule has 0 aliphatic carbocycles. The highest BCUT2D eigenvalue weighted by Gasteiger charge is 2.49. The average Bonchev–Trinajstić information content (AvgIpc) is 2.74. The van der Waals surface area contributed by atoms with E-state index in [1.807, 2.05) is 11.7 Å². The van der Waals surface area contributed by atoms with E-state index in [4.69, 9.17) is 10.5 Å². The topological polar surface area (TPSA) is 53.1 Å². The summed E-state index contributed by atoms with van der Waals surface area (Å²) in [5.41, 5.74) is 8.44. The summed E-state index contributed by atoms with van der Waals surface area (Å²) in [4.78, 5) is 0. The van der Waals surface area contributed by atoms with Crippen LogP contribution in [0, 0.1) is 5.92 Å². The maximum absolute atomic E-state index is 6.53. The Morgan fingerprint density at radius 3 is 2.53 bits per heavy atom. The van der Waals surface area contributed by atoms with Crippen molar-refractivity contribution < 1.29 is 4.74 Å². The summed E-state index contributed by atoms with van der Waals surface area (Å²) in [7, 11) is 1.97. The molecule has 19 heavy (non-hydrogen) atoms. The summed E-state index contributed by atoms with van der Waals surface area (Å²) >= 11 is 0. The highest BCUT2D eigenvalue weighted by molar-refractivity contribution is 5.17. The molecule has 0 bridgehead atoms. The van der Waals surface area contributed by atoms with E-state index in [0.717, 1.165) is 24.2 Å². The van der Waals surface area contributed by atoms with E-state index in [1.54, 1.807) is 0 Å². The summed E-state index contributed by atoms with van der Waals surface area (Å²) in [6, 6.07) is 2.10. The number of ether oxygens (including phenoxy) is 1. The van der Waals surface area contributed by atoms with Gasteiger partial charge in [0.25, 0.3) is 0 Å². The van der Waals surface area contributed by atoms with E-state index < -0.39 is 0 Å². The van der Waals surface area contributed by atoms with Crippen LogP contribution in [0.1, 0.15) is 58.5 Å². The molecule has 2 atom stereocenters. The fourth-order valence-electron chi connectivity index (χ4n) is 3.40. The first-order valence-corrected chi connectivity index (χ1v) is 7.15. The normalized spacial score (nSPS) is 26.6. The fraction of sp³-hybridized carbons (Fsp3) is 0.800. The summed E-state index contributed by atoms with van der Waals surface area (Å²) in [5.74, 6) is 0.308. The van der Waals surface area contributed by atoms with Crippen molar-refractivity contribution in [1.29, 1.82) is 0 Å². The van der Waals surface area contributed by atoms with Crippen molar-refractivity contribution in [2.45, 2.75) is 64.7 Å². The average molecular weight is 265 g/mol. The van der Waals surface area contributed by atoms with Gasteiger partial charge < -0.3 is 10.5 Å². The molecular weight excluding hydrogens is 238 g/mol. The van der Waals surface area contributed by atoms with Gasteiger partial charge in [-0.3, -0.25) is 4.68 Å². The lowest BCUT2D eigenvalue weighted by Gasteiger charge is -2.31. The molecule has 0 amide bonds. The van der Waals surface area contributed by atoms with Crippen LogP contribution in [-0.2, 0) is 18.2 Å². The summed E-state index contributed by atoms with van der Waals surface area (Å²) in [6.07, 6.45) is 1.92. The van der Waals surface area contributed by atoms with E-state index in [1.165, 1.54) is 0 Å². The zero-order chi connectivity index (χ0) is 14.4. The van der Waals surface area contributed by atoms with Gasteiger partial charge in [-0.2, -0.15) is 5.10 Å². The molecule has 1 aliphatic rings. The third-order valence-corrected chi connectivity index (χ3v) is 4.25. The van der Waals surface area contributed by atoms with Crippen molar-refractivity contribution in [3.63, 3.8) is 0 Å². The van der Waals surface area contributed by atoms with E-state index in [-0.39, 0.29) is 17.2 Å². The molecule has 2 heterocycles. The number of hydrogen-bond acceptors (Lipinski definition) is 3. The molecule has 108 valence electrons. The molecule has 0 saturated carbocycles. The molecule has 4 heteroatoms. The monoisotopic (exact) mass is 265 g/mol. The third-order valence-electron chi connectivity index (χ3n) is 4.25. The molecule has 2 N–H and O–H groups in total. The second kappa shape index (κ2) is 4.60. The SMILES string of the molecule is CCc1cc(C(N)C2CC(C)(C)OC2(C)C)n(C)n1. The van der Waals surface area contributed by atoms with Crippen LogP contribution in [0.25, 0.3) is 0 Å². The van der Waals surface area contributed by atoms with Gasteiger partial charge in [0.2, 0.25) is 0 Å². The van der Waals surface area contributed by atoms with Crippen LogP contribution in [0.5, 0.6) is 0 Å². The quantitative estimate of drug-likeness (QED) is 0.914. The Labute approximate surface area is 116 Å². The van der Waals surface area contributed by atoms with Gasteiger partial charge in [-0.1, -0.05) is 6.92 Å². The number of hydrogen-bond donors (Lipinski definition) is 1. The highest BCUT2D eigenvalue weighted by atomic mass is 16.5. The Bertz CT molecular complexity index is 462. The van der Waals surface area contributed by atoms with E-state index in [2.05, 4.69) is 45.8 Å². The molecule has 0 radical (unpaired) electrons. The van der Waals surface area contributed by atoms with Crippen LogP contribution >= 0.6 is 0 Å². The van der Waals surface area contributed by atoms with Crippen LogP contribution in [0.15, 0.2) is 6.07 Å². The second-order valence-electron chi connectivity index (χ2n) is 6.84. The Balaban J connectivity index is 2.28. The van der Waals surface area contributed by atoms with Gasteiger partial charge in [0.1, 0.15) is 0 Å². The van der Waals surface area contributed by atoms with E-state index in [9.17, 15) is 0 Å². The molecule has 1 aliphatic heterocycles. The van der Waals surface area contributed by atoms with Crippen LogP contribution in [0.4, 0.5) is 0 Å². The first-order chi connectivity index (χ1) is 8.66. The zero-order valence-corrected chi connectivity index (χ0v) is 13.0. The third kappa shape index (κ3) is 2.70. The molecular formula is C15H27N3O. The van der Waals surface area contributed by atoms with Crippen molar-refractivity contribution in [1.82, 2.24) is 9.78 Å². The van der Waals surface area contributed by atoms with Crippen molar-refractivity contribution >= 4 is 0 Å². The largest absolute Gasteiger partial charge is 0.369 e. The molecule has 4 nitrogen and oxygen atoms in total. The number of rotatable bonds is 3. The lowest BCUT2D eigenvalue weighted by Crippen LogP contribution is -2.36. The van der Waals surface area contributed by atoms with Gasteiger partial charge in [-0.05, 0) is 46.6 Å². The van der Waals surface area contributed by atoms with Gasteiger partial charge in [0, 0.05) is 13.0 Å². The van der Waals surface area contributed by atoms with Crippen molar-refractivity contribution in [3.8, 4) is 0 Å². The molecule has 1 aromatic heterocycles. The Morgan fingerprint density at radius 2 is 2.11 bits per heavy atom. The minimum absolute atomic E-state index is 0.0328.